The van der Waals surface area contributed by atoms with E-state index in [1.165, 1.54) is 37.7 Å². The number of benzene rings is 1. The molecule has 0 spiro atoms. The Kier molecular flexibility index (Phi) is 6.10. The minimum absolute atomic E-state index is 0.518. The van der Waals surface area contributed by atoms with Crippen molar-refractivity contribution >= 4 is 0 Å². The number of rotatable bonds is 9. The molecule has 0 radical (unpaired) electrons. The van der Waals surface area contributed by atoms with Gasteiger partial charge < -0.3 is 10.1 Å². The number of methoxy groups -OCH3 is 1. The highest BCUT2D eigenvalue weighted by atomic mass is 16.5. The second kappa shape index (κ2) is 7.84. The quantitative estimate of drug-likeness (QED) is 0.694. The fourth-order valence-corrected chi connectivity index (χ4v) is 2.97. The van der Waals surface area contributed by atoms with E-state index in [4.69, 9.17) is 4.74 Å². The van der Waals surface area contributed by atoms with Gasteiger partial charge in [-0.25, -0.2) is 0 Å². The van der Waals surface area contributed by atoms with Gasteiger partial charge in [0.25, 0.3) is 0 Å². The minimum atomic E-state index is 0.518. The normalized spacial score (nSPS) is 17.8. The lowest BCUT2D eigenvalue weighted by atomic mass is 9.99. The molecule has 1 aliphatic carbocycles. The van der Waals surface area contributed by atoms with Crippen LogP contribution in [0.2, 0.25) is 0 Å². The van der Waals surface area contributed by atoms with Crippen molar-refractivity contribution in [1.82, 2.24) is 5.32 Å². The van der Waals surface area contributed by atoms with Crippen LogP contribution >= 0.6 is 0 Å². The summed E-state index contributed by atoms with van der Waals surface area (Å²) in [6, 6.07) is 9.71. The molecule has 1 aromatic rings. The summed E-state index contributed by atoms with van der Waals surface area (Å²) in [6.07, 6.45) is 6.66. The van der Waals surface area contributed by atoms with Crippen LogP contribution in [0.25, 0.3) is 0 Å². The van der Waals surface area contributed by atoms with Crippen molar-refractivity contribution in [2.24, 2.45) is 11.8 Å². The van der Waals surface area contributed by atoms with Crippen LogP contribution in [0.1, 0.15) is 64.5 Å². The van der Waals surface area contributed by atoms with Gasteiger partial charge in [-0.3, -0.25) is 0 Å². The Labute approximate surface area is 130 Å². The molecule has 1 aliphatic rings. The zero-order valence-corrected chi connectivity index (χ0v) is 14.1. The predicted octanol–water partition coefficient (Wildman–Crippen LogP) is 4.95. The third-order valence-corrected chi connectivity index (χ3v) is 4.45. The Balaban J connectivity index is 1.89. The van der Waals surface area contributed by atoms with E-state index in [9.17, 15) is 0 Å². The van der Waals surface area contributed by atoms with Crippen LogP contribution in [0.5, 0.6) is 5.75 Å². The summed E-state index contributed by atoms with van der Waals surface area (Å²) in [5.74, 6) is 2.59. The summed E-state index contributed by atoms with van der Waals surface area (Å²) in [7, 11) is 1.72. The van der Waals surface area contributed by atoms with Gasteiger partial charge in [-0.05, 0) is 55.7 Å². The molecule has 1 fully saturated rings. The van der Waals surface area contributed by atoms with Crippen molar-refractivity contribution in [2.75, 3.05) is 7.11 Å². The van der Waals surface area contributed by atoms with Gasteiger partial charge >= 0.3 is 0 Å². The standard InChI is InChI=1S/C19H31NO/c1-14(2)6-5-7-15(3)20-19(16-8-9-16)17-10-12-18(21-4)13-11-17/h10-16,19-20H,5-9H2,1-4H3. The molecule has 0 saturated heterocycles. The van der Waals surface area contributed by atoms with Gasteiger partial charge in [0.1, 0.15) is 5.75 Å². The van der Waals surface area contributed by atoms with Crippen LogP contribution < -0.4 is 10.1 Å². The van der Waals surface area contributed by atoms with Crippen LogP contribution in [-0.4, -0.2) is 13.2 Å². The van der Waals surface area contributed by atoms with Crippen LogP contribution in [-0.2, 0) is 0 Å². The fraction of sp³-hybridized carbons (Fsp3) is 0.684. The van der Waals surface area contributed by atoms with Gasteiger partial charge in [-0.1, -0.05) is 38.8 Å². The van der Waals surface area contributed by atoms with E-state index in [-0.39, 0.29) is 0 Å². The molecule has 0 heterocycles. The maximum atomic E-state index is 5.26. The Bertz CT molecular complexity index is 408. The van der Waals surface area contributed by atoms with Crippen molar-refractivity contribution in [1.29, 1.82) is 0 Å². The third kappa shape index (κ3) is 5.35. The molecule has 0 bridgehead atoms. The highest BCUT2D eigenvalue weighted by Crippen LogP contribution is 2.41. The van der Waals surface area contributed by atoms with Crippen molar-refractivity contribution in [3.05, 3.63) is 29.8 Å². The average molecular weight is 289 g/mol. The summed E-state index contributed by atoms with van der Waals surface area (Å²) in [6.45, 7) is 6.95. The summed E-state index contributed by atoms with van der Waals surface area (Å²) in [5, 5.41) is 3.87. The van der Waals surface area contributed by atoms with Gasteiger partial charge in [0, 0.05) is 12.1 Å². The number of hydrogen-bond donors (Lipinski definition) is 1. The van der Waals surface area contributed by atoms with Crippen LogP contribution in [0.4, 0.5) is 0 Å². The average Bonchev–Trinajstić information content (AvgIpc) is 3.29. The smallest absolute Gasteiger partial charge is 0.118 e. The first-order chi connectivity index (χ1) is 10.1. The summed E-state index contributed by atoms with van der Waals surface area (Å²) >= 11 is 0. The summed E-state index contributed by atoms with van der Waals surface area (Å²) < 4.78 is 5.26. The molecule has 2 heteroatoms. The number of ether oxygens (including phenoxy) is 1. The molecule has 0 aliphatic heterocycles. The zero-order chi connectivity index (χ0) is 15.2. The van der Waals surface area contributed by atoms with E-state index < -0.39 is 0 Å². The monoisotopic (exact) mass is 289 g/mol. The molecule has 118 valence electrons. The van der Waals surface area contributed by atoms with Crippen molar-refractivity contribution in [2.45, 2.75) is 65.0 Å². The van der Waals surface area contributed by atoms with E-state index in [0.717, 1.165) is 17.6 Å². The Morgan fingerprint density at radius 1 is 1.10 bits per heavy atom. The Hall–Kier alpha value is -1.02. The molecule has 1 saturated carbocycles. The van der Waals surface area contributed by atoms with Gasteiger partial charge in [-0.2, -0.15) is 0 Å². The lowest BCUT2D eigenvalue weighted by Gasteiger charge is -2.24. The zero-order valence-electron chi connectivity index (χ0n) is 14.1. The molecule has 0 amide bonds. The molecule has 1 aromatic carbocycles. The summed E-state index contributed by atoms with van der Waals surface area (Å²) in [4.78, 5) is 0. The lowest BCUT2D eigenvalue weighted by Crippen LogP contribution is -2.31. The van der Waals surface area contributed by atoms with Gasteiger partial charge in [0.05, 0.1) is 7.11 Å². The molecule has 2 unspecified atom stereocenters. The Morgan fingerprint density at radius 3 is 2.29 bits per heavy atom. The van der Waals surface area contributed by atoms with Gasteiger partial charge in [0.2, 0.25) is 0 Å². The molecule has 2 atom stereocenters. The van der Waals surface area contributed by atoms with Gasteiger partial charge in [0.15, 0.2) is 0 Å². The van der Waals surface area contributed by atoms with Crippen LogP contribution in [0, 0.1) is 11.8 Å². The maximum absolute atomic E-state index is 5.26. The number of hydrogen-bond acceptors (Lipinski definition) is 2. The van der Waals surface area contributed by atoms with E-state index >= 15 is 0 Å². The first-order valence-corrected chi connectivity index (χ1v) is 8.50. The van der Waals surface area contributed by atoms with Gasteiger partial charge in [-0.15, -0.1) is 0 Å². The largest absolute Gasteiger partial charge is 0.497 e. The fourth-order valence-electron chi connectivity index (χ4n) is 2.97. The highest BCUT2D eigenvalue weighted by molar-refractivity contribution is 5.30. The van der Waals surface area contributed by atoms with E-state index in [0.29, 0.717) is 12.1 Å². The molecular weight excluding hydrogens is 258 g/mol. The highest BCUT2D eigenvalue weighted by Gasteiger charge is 2.32. The molecular formula is C19H31NO. The Morgan fingerprint density at radius 2 is 1.76 bits per heavy atom. The topological polar surface area (TPSA) is 21.3 Å². The van der Waals surface area contributed by atoms with Crippen molar-refractivity contribution in [3.8, 4) is 5.75 Å². The van der Waals surface area contributed by atoms with E-state index in [1.54, 1.807) is 7.11 Å². The molecule has 0 aromatic heterocycles. The first-order valence-electron chi connectivity index (χ1n) is 8.50. The van der Waals surface area contributed by atoms with E-state index in [1.807, 2.05) is 0 Å². The first kappa shape index (κ1) is 16.4. The molecule has 2 rings (SSSR count). The minimum Gasteiger partial charge on any atom is -0.497 e. The van der Waals surface area contributed by atoms with Crippen molar-refractivity contribution < 1.29 is 4.74 Å². The van der Waals surface area contributed by atoms with E-state index in [2.05, 4.69) is 50.4 Å². The molecule has 21 heavy (non-hydrogen) atoms. The predicted molar refractivity (Wildman–Crippen MR) is 89.7 cm³/mol. The third-order valence-electron chi connectivity index (χ3n) is 4.45. The second-order valence-corrected chi connectivity index (χ2v) is 6.98. The molecule has 2 nitrogen and oxygen atoms in total. The van der Waals surface area contributed by atoms with Crippen molar-refractivity contribution in [3.63, 3.8) is 0 Å². The summed E-state index contributed by atoms with van der Waals surface area (Å²) in [5.41, 5.74) is 1.41. The van der Waals surface area contributed by atoms with Crippen LogP contribution in [0.3, 0.4) is 0 Å². The SMILES string of the molecule is COc1ccc(C(NC(C)CCCC(C)C)C2CC2)cc1. The number of nitrogens with one attached hydrogen (secondary N) is 1. The lowest BCUT2D eigenvalue weighted by molar-refractivity contribution is 0.385. The second-order valence-electron chi connectivity index (χ2n) is 6.98. The maximum Gasteiger partial charge on any atom is 0.118 e. The van der Waals surface area contributed by atoms with Crippen LogP contribution in [0.15, 0.2) is 24.3 Å². The molecule has 1 N–H and O–H groups in total.